The SMILES string of the molecule is Cc1csc(C(C)NCc2ccc(C(N)=O)cc2F)n1. The summed E-state index contributed by atoms with van der Waals surface area (Å²) in [6.07, 6.45) is 0. The number of aryl methyl sites for hydroxylation is 1. The number of aromatic nitrogens is 1. The van der Waals surface area contributed by atoms with E-state index >= 15 is 0 Å². The van der Waals surface area contributed by atoms with Crippen molar-refractivity contribution in [3.05, 3.63) is 51.2 Å². The van der Waals surface area contributed by atoms with Gasteiger partial charge in [-0.2, -0.15) is 0 Å². The molecule has 1 unspecified atom stereocenters. The van der Waals surface area contributed by atoms with Gasteiger partial charge in [0.1, 0.15) is 10.8 Å². The number of rotatable bonds is 5. The van der Waals surface area contributed by atoms with E-state index in [0.717, 1.165) is 16.8 Å². The van der Waals surface area contributed by atoms with E-state index in [2.05, 4.69) is 10.3 Å². The first-order valence-corrected chi connectivity index (χ1v) is 7.09. The van der Waals surface area contributed by atoms with Gasteiger partial charge in [-0.3, -0.25) is 4.79 Å². The molecule has 2 rings (SSSR count). The van der Waals surface area contributed by atoms with Crippen LogP contribution in [0.3, 0.4) is 0 Å². The Bertz CT molecular complexity index is 627. The Balaban J connectivity index is 2.02. The van der Waals surface area contributed by atoms with E-state index < -0.39 is 11.7 Å². The molecule has 106 valence electrons. The third kappa shape index (κ3) is 3.40. The molecule has 1 amide bonds. The van der Waals surface area contributed by atoms with Gasteiger partial charge in [0.05, 0.1) is 6.04 Å². The number of nitrogens with zero attached hydrogens (tertiary/aromatic N) is 1. The van der Waals surface area contributed by atoms with Crippen molar-refractivity contribution in [3.63, 3.8) is 0 Å². The molecule has 0 bridgehead atoms. The monoisotopic (exact) mass is 293 g/mol. The van der Waals surface area contributed by atoms with Crippen LogP contribution in [-0.4, -0.2) is 10.9 Å². The van der Waals surface area contributed by atoms with Gasteiger partial charge in [-0.15, -0.1) is 11.3 Å². The zero-order valence-electron chi connectivity index (χ0n) is 11.3. The minimum atomic E-state index is -0.630. The lowest BCUT2D eigenvalue weighted by Gasteiger charge is -2.12. The number of halogens is 1. The number of benzene rings is 1. The highest BCUT2D eigenvalue weighted by atomic mass is 32.1. The van der Waals surface area contributed by atoms with Gasteiger partial charge < -0.3 is 11.1 Å². The van der Waals surface area contributed by atoms with E-state index in [0.29, 0.717) is 12.1 Å². The zero-order chi connectivity index (χ0) is 14.7. The molecule has 20 heavy (non-hydrogen) atoms. The molecule has 0 aliphatic heterocycles. The predicted octanol–water partition coefficient (Wildman–Crippen LogP) is 2.54. The predicted molar refractivity (Wildman–Crippen MR) is 77.0 cm³/mol. The first-order chi connectivity index (χ1) is 9.47. The summed E-state index contributed by atoms with van der Waals surface area (Å²) in [7, 11) is 0. The highest BCUT2D eigenvalue weighted by Gasteiger charge is 2.11. The Kier molecular flexibility index (Phi) is 4.46. The van der Waals surface area contributed by atoms with Crippen molar-refractivity contribution in [3.8, 4) is 0 Å². The van der Waals surface area contributed by atoms with Crippen LogP contribution in [0.5, 0.6) is 0 Å². The molecule has 1 atom stereocenters. The second kappa shape index (κ2) is 6.11. The third-order valence-corrected chi connectivity index (χ3v) is 4.09. The summed E-state index contributed by atoms with van der Waals surface area (Å²) in [5.41, 5.74) is 6.76. The Morgan fingerprint density at radius 2 is 2.30 bits per heavy atom. The summed E-state index contributed by atoms with van der Waals surface area (Å²) in [4.78, 5) is 15.3. The zero-order valence-corrected chi connectivity index (χ0v) is 12.1. The van der Waals surface area contributed by atoms with Crippen molar-refractivity contribution in [2.75, 3.05) is 0 Å². The van der Waals surface area contributed by atoms with E-state index in [1.807, 2.05) is 19.2 Å². The fourth-order valence-corrected chi connectivity index (χ4v) is 2.59. The summed E-state index contributed by atoms with van der Waals surface area (Å²) in [6.45, 7) is 4.29. The summed E-state index contributed by atoms with van der Waals surface area (Å²) in [6, 6.07) is 4.31. The number of hydrogen-bond acceptors (Lipinski definition) is 4. The van der Waals surface area contributed by atoms with Gasteiger partial charge in [0.25, 0.3) is 0 Å². The van der Waals surface area contributed by atoms with Crippen LogP contribution in [0.2, 0.25) is 0 Å². The van der Waals surface area contributed by atoms with Gasteiger partial charge in [-0.05, 0) is 26.0 Å². The molecule has 0 aliphatic carbocycles. The van der Waals surface area contributed by atoms with Crippen LogP contribution in [0, 0.1) is 12.7 Å². The molecule has 0 saturated carbocycles. The molecule has 0 radical (unpaired) electrons. The fraction of sp³-hybridized carbons (Fsp3) is 0.286. The van der Waals surface area contributed by atoms with Crippen LogP contribution in [-0.2, 0) is 6.54 Å². The first-order valence-electron chi connectivity index (χ1n) is 6.21. The van der Waals surface area contributed by atoms with Crippen molar-refractivity contribution >= 4 is 17.2 Å². The minimum Gasteiger partial charge on any atom is -0.366 e. The fourth-order valence-electron chi connectivity index (χ4n) is 1.77. The minimum absolute atomic E-state index is 0.0453. The smallest absolute Gasteiger partial charge is 0.248 e. The van der Waals surface area contributed by atoms with Gasteiger partial charge >= 0.3 is 0 Å². The van der Waals surface area contributed by atoms with E-state index in [-0.39, 0.29) is 11.6 Å². The molecule has 1 aromatic heterocycles. The van der Waals surface area contributed by atoms with Crippen molar-refractivity contribution in [2.24, 2.45) is 5.73 Å². The van der Waals surface area contributed by atoms with Crippen molar-refractivity contribution < 1.29 is 9.18 Å². The summed E-state index contributed by atoms with van der Waals surface area (Å²) in [5.74, 6) is -1.06. The first kappa shape index (κ1) is 14.6. The van der Waals surface area contributed by atoms with Crippen LogP contribution < -0.4 is 11.1 Å². The molecule has 6 heteroatoms. The maximum Gasteiger partial charge on any atom is 0.248 e. The number of amides is 1. The van der Waals surface area contributed by atoms with Crippen LogP contribution in [0.4, 0.5) is 4.39 Å². The number of nitrogens with two attached hydrogens (primary N) is 1. The average Bonchev–Trinajstić information content (AvgIpc) is 2.83. The van der Waals surface area contributed by atoms with Crippen LogP contribution in [0.1, 0.15) is 39.6 Å². The lowest BCUT2D eigenvalue weighted by atomic mass is 10.1. The number of primary amides is 1. The Morgan fingerprint density at radius 3 is 2.85 bits per heavy atom. The lowest BCUT2D eigenvalue weighted by molar-refractivity contribution is 0.1000. The topological polar surface area (TPSA) is 68.0 Å². The number of thiazole rings is 1. The van der Waals surface area contributed by atoms with Gasteiger partial charge in [0.2, 0.25) is 5.91 Å². The Morgan fingerprint density at radius 1 is 1.55 bits per heavy atom. The summed E-state index contributed by atoms with van der Waals surface area (Å²) < 4.78 is 13.8. The van der Waals surface area contributed by atoms with E-state index in [1.165, 1.54) is 6.07 Å². The van der Waals surface area contributed by atoms with Crippen molar-refractivity contribution in [2.45, 2.75) is 26.4 Å². The van der Waals surface area contributed by atoms with Crippen LogP contribution in [0.25, 0.3) is 0 Å². The molecule has 0 fully saturated rings. The Labute approximate surface area is 120 Å². The second-order valence-electron chi connectivity index (χ2n) is 4.60. The molecule has 2 aromatic rings. The van der Waals surface area contributed by atoms with Gasteiger partial charge in [0.15, 0.2) is 0 Å². The second-order valence-corrected chi connectivity index (χ2v) is 5.49. The Hall–Kier alpha value is -1.79. The van der Waals surface area contributed by atoms with E-state index in [1.54, 1.807) is 17.4 Å². The third-order valence-electron chi connectivity index (χ3n) is 2.94. The molecule has 1 aromatic carbocycles. The highest BCUT2D eigenvalue weighted by Crippen LogP contribution is 2.18. The average molecular weight is 293 g/mol. The number of carbonyl (C=O) groups is 1. The van der Waals surface area contributed by atoms with Gasteiger partial charge in [-0.1, -0.05) is 6.07 Å². The standard InChI is InChI=1S/C14H16FN3OS/c1-8-7-20-14(18-8)9(2)17-6-11-4-3-10(13(16)19)5-12(11)15/h3-5,7,9,17H,6H2,1-2H3,(H2,16,19). The van der Waals surface area contributed by atoms with Crippen LogP contribution in [0.15, 0.2) is 23.6 Å². The number of carbonyl (C=O) groups excluding carboxylic acids is 1. The van der Waals surface area contributed by atoms with E-state index in [9.17, 15) is 9.18 Å². The van der Waals surface area contributed by atoms with Crippen LogP contribution >= 0.6 is 11.3 Å². The van der Waals surface area contributed by atoms with Gasteiger partial charge in [0, 0.05) is 28.7 Å². The number of nitrogens with one attached hydrogen (secondary N) is 1. The highest BCUT2D eigenvalue weighted by molar-refractivity contribution is 7.09. The number of hydrogen-bond donors (Lipinski definition) is 2. The lowest BCUT2D eigenvalue weighted by Crippen LogP contribution is -2.19. The maximum absolute atomic E-state index is 13.8. The molecule has 0 saturated heterocycles. The molecule has 3 N–H and O–H groups in total. The molecule has 4 nitrogen and oxygen atoms in total. The van der Waals surface area contributed by atoms with Crippen molar-refractivity contribution in [1.82, 2.24) is 10.3 Å². The quantitative estimate of drug-likeness (QED) is 0.890. The molecule has 0 spiro atoms. The summed E-state index contributed by atoms with van der Waals surface area (Å²) in [5, 5.41) is 6.16. The summed E-state index contributed by atoms with van der Waals surface area (Å²) >= 11 is 1.57. The molecule has 0 aliphatic rings. The van der Waals surface area contributed by atoms with Crippen molar-refractivity contribution in [1.29, 1.82) is 0 Å². The molecular formula is C14H16FN3OS. The molecular weight excluding hydrogens is 277 g/mol. The largest absolute Gasteiger partial charge is 0.366 e. The maximum atomic E-state index is 13.8. The van der Waals surface area contributed by atoms with E-state index in [4.69, 9.17) is 5.73 Å². The van der Waals surface area contributed by atoms with Gasteiger partial charge in [-0.25, -0.2) is 9.37 Å². The normalized spacial score (nSPS) is 12.3. The molecule has 1 heterocycles.